The Morgan fingerprint density at radius 2 is 2.31 bits per heavy atom. The molecule has 0 N–H and O–H groups in total. The van der Waals surface area contributed by atoms with Crippen LogP contribution in [-0.2, 0) is 4.74 Å². The van der Waals surface area contributed by atoms with Crippen LogP contribution in [-0.4, -0.2) is 12.1 Å². The lowest BCUT2D eigenvalue weighted by Gasteiger charge is -2.26. The van der Waals surface area contributed by atoms with E-state index in [1.54, 1.807) is 6.07 Å². The minimum atomic E-state index is -0.402. The van der Waals surface area contributed by atoms with Crippen LogP contribution >= 0.6 is 0 Å². The van der Waals surface area contributed by atoms with Crippen molar-refractivity contribution >= 4 is 5.97 Å². The molecule has 0 aromatic carbocycles. The van der Waals surface area contributed by atoms with Gasteiger partial charge in [0.25, 0.3) is 0 Å². The molecule has 16 heavy (non-hydrogen) atoms. The van der Waals surface area contributed by atoms with Crippen molar-refractivity contribution < 1.29 is 13.9 Å². The molecule has 1 aliphatic carbocycles. The van der Waals surface area contributed by atoms with E-state index in [1.807, 2.05) is 0 Å². The van der Waals surface area contributed by atoms with Crippen molar-refractivity contribution in [3.63, 3.8) is 0 Å². The Kier molecular flexibility index (Phi) is 3.25. The quantitative estimate of drug-likeness (QED) is 0.717. The second kappa shape index (κ2) is 4.84. The van der Waals surface area contributed by atoms with Crippen molar-refractivity contribution in [1.29, 1.82) is 5.26 Å². The summed E-state index contributed by atoms with van der Waals surface area (Å²) >= 11 is 0. The first-order valence-corrected chi connectivity index (χ1v) is 5.44. The molecular formula is C12H13NO3. The molecule has 1 aromatic rings. The van der Waals surface area contributed by atoms with Gasteiger partial charge in [-0.05, 0) is 25.3 Å². The number of nitrogens with zero attached hydrogens (tertiary/aromatic N) is 1. The number of nitriles is 1. The van der Waals surface area contributed by atoms with Crippen LogP contribution in [0.3, 0.4) is 0 Å². The molecule has 1 aliphatic rings. The third kappa shape index (κ3) is 2.25. The zero-order chi connectivity index (χ0) is 11.4. The zero-order valence-electron chi connectivity index (χ0n) is 8.89. The average molecular weight is 219 g/mol. The Hall–Kier alpha value is -1.76. The normalized spacial score (nSPS) is 24.7. The molecule has 0 radical (unpaired) electrons. The Labute approximate surface area is 93.8 Å². The highest BCUT2D eigenvalue weighted by Gasteiger charge is 2.28. The van der Waals surface area contributed by atoms with Crippen molar-refractivity contribution in [2.45, 2.75) is 31.8 Å². The summed E-state index contributed by atoms with van der Waals surface area (Å²) in [6.45, 7) is 0. The van der Waals surface area contributed by atoms with Gasteiger partial charge in [0, 0.05) is 0 Å². The van der Waals surface area contributed by atoms with E-state index in [1.165, 1.54) is 12.5 Å². The molecule has 2 rings (SSSR count). The number of carbonyl (C=O) groups is 1. The molecule has 1 fully saturated rings. The van der Waals surface area contributed by atoms with Gasteiger partial charge in [0.2, 0.25) is 0 Å². The topological polar surface area (TPSA) is 63.2 Å². The Bertz CT molecular complexity index is 391. The van der Waals surface area contributed by atoms with Crippen LogP contribution in [0.1, 0.15) is 36.0 Å². The van der Waals surface area contributed by atoms with E-state index in [-0.39, 0.29) is 12.0 Å². The first-order chi connectivity index (χ1) is 7.81. The SMILES string of the molecule is N#C[C@@H]1CCCC[C@@H]1OC(=O)c1ccoc1. The highest BCUT2D eigenvalue weighted by atomic mass is 16.5. The molecule has 1 saturated carbocycles. The number of hydrogen-bond acceptors (Lipinski definition) is 4. The van der Waals surface area contributed by atoms with E-state index < -0.39 is 5.97 Å². The standard InChI is InChI=1S/C12H13NO3/c13-7-9-3-1-2-4-11(9)16-12(14)10-5-6-15-8-10/h5-6,8-9,11H,1-4H2/t9-,11-/m0/s1. The average Bonchev–Trinajstić information content (AvgIpc) is 2.83. The molecule has 0 aliphatic heterocycles. The van der Waals surface area contributed by atoms with E-state index >= 15 is 0 Å². The molecule has 0 saturated heterocycles. The number of furan rings is 1. The van der Waals surface area contributed by atoms with Crippen LogP contribution < -0.4 is 0 Å². The lowest BCUT2D eigenvalue weighted by molar-refractivity contribution is 0.0107. The number of hydrogen-bond donors (Lipinski definition) is 0. The Balaban J connectivity index is 1.98. The van der Waals surface area contributed by atoms with Gasteiger partial charge in [0.05, 0.1) is 23.8 Å². The predicted molar refractivity (Wildman–Crippen MR) is 55.5 cm³/mol. The maximum Gasteiger partial charge on any atom is 0.341 e. The summed E-state index contributed by atoms with van der Waals surface area (Å²) < 4.78 is 10.1. The summed E-state index contributed by atoms with van der Waals surface area (Å²) in [5.41, 5.74) is 0.405. The molecule has 0 spiro atoms. The number of ether oxygens (including phenoxy) is 1. The molecule has 4 heteroatoms. The van der Waals surface area contributed by atoms with Gasteiger partial charge in [-0.15, -0.1) is 0 Å². The van der Waals surface area contributed by atoms with Crippen molar-refractivity contribution in [3.8, 4) is 6.07 Å². The predicted octanol–water partition coefficient (Wildman–Crippen LogP) is 2.52. The number of carbonyl (C=O) groups excluding carboxylic acids is 1. The highest BCUT2D eigenvalue weighted by molar-refractivity contribution is 5.89. The van der Waals surface area contributed by atoms with Crippen LogP contribution in [0.4, 0.5) is 0 Å². The Morgan fingerprint density at radius 1 is 1.50 bits per heavy atom. The fraction of sp³-hybridized carbons (Fsp3) is 0.500. The maximum atomic E-state index is 11.6. The van der Waals surface area contributed by atoms with Gasteiger partial charge in [0.1, 0.15) is 12.4 Å². The minimum absolute atomic E-state index is 0.162. The second-order valence-electron chi connectivity index (χ2n) is 3.98. The molecule has 1 aromatic heterocycles. The van der Waals surface area contributed by atoms with E-state index in [9.17, 15) is 4.79 Å². The van der Waals surface area contributed by atoms with Crippen LogP contribution in [0.25, 0.3) is 0 Å². The van der Waals surface area contributed by atoms with Gasteiger partial charge >= 0.3 is 5.97 Å². The lowest BCUT2D eigenvalue weighted by atomic mass is 9.87. The monoisotopic (exact) mass is 219 g/mol. The molecule has 0 unspecified atom stereocenters. The largest absolute Gasteiger partial charge is 0.472 e. The van der Waals surface area contributed by atoms with E-state index in [2.05, 4.69) is 6.07 Å². The third-order valence-electron chi connectivity index (χ3n) is 2.88. The van der Waals surface area contributed by atoms with Crippen LogP contribution in [0.5, 0.6) is 0 Å². The Morgan fingerprint density at radius 3 is 3.00 bits per heavy atom. The van der Waals surface area contributed by atoms with Gasteiger partial charge in [-0.3, -0.25) is 0 Å². The van der Waals surface area contributed by atoms with Crippen molar-refractivity contribution in [3.05, 3.63) is 24.2 Å². The van der Waals surface area contributed by atoms with E-state index in [0.717, 1.165) is 25.7 Å². The van der Waals surface area contributed by atoms with E-state index in [0.29, 0.717) is 5.56 Å². The molecule has 84 valence electrons. The third-order valence-corrected chi connectivity index (χ3v) is 2.88. The summed E-state index contributed by atoms with van der Waals surface area (Å²) in [5.74, 6) is -0.564. The lowest BCUT2D eigenvalue weighted by Crippen LogP contribution is -2.29. The number of rotatable bonds is 2. The fourth-order valence-corrected chi connectivity index (χ4v) is 1.97. The van der Waals surface area contributed by atoms with Gasteiger partial charge < -0.3 is 9.15 Å². The van der Waals surface area contributed by atoms with Crippen LogP contribution in [0, 0.1) is 17.2 Å². The van der Waals surface area contributed by atoms with Gasteiger partial charge in [-0.1, -0.05) is 6.42 Å². The maximum absolute atomic E-state index is 11.6. The summed E-state index contributed by atoms with van der Waals surface area (Å²) in [5, 5.41) is 8.95. The fourth-order valence-electron chi connectivity index (χ4n) is 1.97. The summed E-state index contributed by atoms with van der Waals surface area (Å²) in [4.78, 5) is 11.6. The van der Waals surface area contributed by atoms with Crippen molar-refractivity contribution in [1.82, 2.24) is 0 Å². The van der Waals surface area contributed by atoms with Gasteiger partial charge in [0.15, 0.2) is 0 Å². The first-order valence-electron chi connectivity index (χ1n) is 5.44. The molecule has 1 heterocycles. The minimum Gasteiger partial charge on any atom is -0.472 e. The van der Waals surface area contributed by atoms with Crippen LogP contribution in [0.2, 0.25) is 0 Å². The number of esters is 1. The van der Waals surface area contributed by atoms with Crippen molar-refractivity contribution in [2.75, 3.05) is 0 Å². The smallest absolute Gasteiger partial charge is 0.341 e. The second-order valence-corrected chi connectivity index (χ2v) is 3.98. The van der Waals surface area contributed by atoms with E-state index in [4.69, 9.17) is 14.4 Å². The molecular weight excluding hydrogens is 206 g/mol. The molecule has 0 amide bonds. The molecule has 2 atom stereocenters. The van der Waals surface area contributed by atoms with Crippen molar-refractivity contribution in [2.24, 2.45) is 5.92 Å². The summed E-state index contributed by atoms with van der Waals surface area (Å²) in [7, 11) is 0. The van der Waals surface area contributed by atoms with Gasteiger partial charge in [-0.2, -0.15) is 5.26 Å². The molecule has 4 nitrogen and oxygen atoms in total. The first kappa shape index (κ1) is 10.7. The molecule has 0 bridgehead atoms. The zero-order valence-corrected chi connectivity index (χ0v) is 8.89. The summed E-state index contributed by atoms with van der Waals surface area (Å²) in [6, 6.07) is 3.77. The summed E-state index contributed by atoms with van der Waals surface area (Å²) in [6.07, 6.45) is 6.17. The van der Waals surface area contributed by atoms with Crippen LogP contribution in [0.15, 0.2) is 23.0 Å². The van der Waals surface area contributed by atoms with Gasteiger partial charge in [-0.25, -0.2) is 4.79 Å². The highest BCUT2D eigenvalue weighted by Crippen LogP contribution is 2.27.